The van der Waals surface area contributed by atoms with Crippen LogP contribution < -0.4 is 20.1 Å². The molecular weight excluding hydrogens is 635 g/mol. The standard InChI is InChI=1S/C27H26ClF5N6O4S/c1-38-22-17-21(36-24(37-22)43-9-25-3-2-4-39(25)8-13(29)7-25)19(30)20(15-5-14(34)6-16(28)18(15)27(31,32)33)35-23(17)42-10-26(38)11-44(40,41)12-26/h5-6,13H,2-4,7-12,34H2,1H3/t13-,25+/m1/s1. The van der Waals surface area contributed by atoms with Crippen molar-refractivity contribution in [3.8, 4) is 23.1 Å². The summed E-state index contributed by atoms with van der Waals surface area (Å²) in [4.78, 5) is 16.4. The summed E-state index contributed by atoms with van der Waals surface area (Å²) >= 11 is 5.95. The lowest BCUT2D eigenvalue weighted by atomic mass is 9.95. The highest BCUT2D eigenvalue weighted by Crippen LogP contribution is 2.48. The first-order valence-corrected chi connectivity index (χ1v) is 16.0. The Balaban J connectivity index is 1.41. The minimum Gasteiger partial charge on any atom is -0.474 e. The molecule has 3 aromatic rings. The molecule has 4 aliphatic heterocycles. The molecule has 2 atom stereocenters. The van der Waals surface area contributed by atoms with Gasteiger partial charge >= 0.3 is 12.2 Å². The van der Waals surface area contributed by atoms with Crippen molar-refractivity contribution in [3.63, 3.8) is 0 Å². The lowest BCUT2D eigenvalue weighted by Gasteiger charge is -2.46. The van der Waals surface area contributed by atoms with Gasteiger partial charge in [-0.15, -0.1) is 0 Å². The number of nitrogens with two attached hydrogens (primary N) is 1. The van der Waals surface area contributed by atoms with E-state index in [0.717, 1.165) is 18.6 Å². The average molecular weight is 661 g/mol. The Bertz CT molecular complexity index is 1820. The van der Waals surface area contributed by atoms with Gasteiger partial charge in [0.15, 0.2) is 15.7 Å². The Morgan fingerprint density at radius 2 is 1.98 bits per heavy atom. The number of halogens is 6. The van der Waals surface area contributed by atoms with Gasteiger partial charge in [-0.05, 0) is 31.5 Å². The molecule has 2 N–H and O–H groups in total. The molecule has 7 rings (SSSR count). The molecule has 0 radical (unpaired) electrons. The second-order valence-corrected chi connectivity index (χ2v) is 14.5. The first-order valence-electron chi connectivity index (χ1n) is 13.8. The van der Waals surface area contributed by atoms with Crippen LogP contribution in [-0.4, -0.2) is 90.4 Å². The maximum absolute atomic E-state index is 16.5. The van der Waals surface area contributed by atoms with Crippen molar-refractivity contribution >= 4 is 43.8 Å². The van der Waals surface area contributed by atoms with Crippen LogP contribution >= 0.6 is 11.6 Å². The van der Waals surface area contributed by atoms with E-state index in [2.05, 4.69) is 15.0 Å². The first kappa shape index (κ1) is 29.5. The summed E-state index contributed by atoms with van der Waals surface area (Å²) in [6.45, 7) is 0.722. The second-order valence-electron chi connectivity index (χ2n) is 12.0. The summed E-state index contributed by atoms with van der Waals surface area (Å²) in [7, 11) is -1.86. The van der Waals surface area contributed by atoms with E-state index in [4.69, 9.17) is 26.8 Å². The summed E-state index contributed by atoms with van der Waals surface area (Å²) in [5.41, 5.74) is 0.607. The van der Waals surface area contributed by atoms with Crippen molar-refractivity contribution in [2.75, 3.05) is 55.5 Å². The van der Waals surface area contributed by atoms with E-state index in [1.54, 1.807) is 7.05 Å². The molecule has 1 spiro atoms. The molecule has 10 nitrogen and oxygen atoms in total. The lowest BCUT2D eigenvalue weighted by Crippen LogP contribution is -2.67. The summed E-state index contributed by atoms with van der Waals surface area (Å²) in [6, 6.07) is 1.49. The van der Waals surface area contributed by atoms with E-state index in [9.17, 15) is 26.0 Å². The monoisotopic (exact) mass is 660 g/mol. The van der Waals surface area contributed by atoms with E-state index in [0.29, 0.717) is 13.0 Å². The van der Waals surface area contributed by atoms with Gasteiger partial charge < -0.3 is 20.1 Å². The van der Waals surface area contributed by atoms with Gasteiger partial charge in [0.2, 0.25) is 5.88 Å². The minimum atomic E-state index is -5.00. The number of fused-ring (bicyclic) bond motifs is 1. The molecule has 0 unspecified atom stereocenters. The Labute approximate surface area is 253 Å². The van der Waals surface area contributed by atoms with Crippen LogP contribution in [0.3, 0.4) is 0 Å². The Morgan fingerprint density at radius 3 is 2.68 bits per heavy atom. The SMILES string of the molecule is CN1c2nc(OC[C@@]34CCCN3C[C@H](F)C4)nc3c(F)c(-c4cc(N)cc(Cl)c4C(F)(F)F)nc(c23)OCC12CS(=O)(=O)C2. The number of rotatable bonds is 4. The number of anilines is 2. The molecule has 3 saturated heterocycles. The number of likely N-dealkylation sites (N-methyl/N-ethyl adjacent to an activating group) is 1. The van der Waals surface area contributed by atoms with Gasteiger partial charge in [0, 0.05) is 31.3 Å². The Kier molecular flexibility index (Phi) is 6.45. The predicted octanol–water partition coefficient (Wildman–Crippen LogP) is 4.04. The van der Waals surface area contributed by atoms with E-state index in [-0.39, 0.29) is 66.5 Å². The Morgan fingerprint density at radius 1 is 1.23 bits per heavy atom. The highest BCUT2D eigenvalue weighted by atomic mass is 35.5. The molecule has 0 aliphatic carbocycles. The number of nitrogens with zero attached hydrogens (tertiary/aromatic N) is 5. The third-order valence-corrected chi connectivity index (χ3v) is 11.3. The summed E-state index contributed by atoms with van der Waals surface area (Å²) in [6.07, 6.45) is -4.28. The van der Waals surface area contributed by atoms with Gasteiger partial charge in [0.05, 0.1) is 27.6 Å². The number of aromatic nitrogens is 3. The smallest absolute Gasteiger partial charge is 0.418 e. The van der Waals surface area contributed by atoms with Crippen LogP contribution in [0.15, 0.2) is 12.1 Å². The highest BCUT2D eigenvalue weighted by Gasteiger charge is 2.55. The second kappa shape index (κ2) is 9.63. The molecule has 236 valence electrons. The van der Waals surface area contributed by atoms with E-state index < -0.39 is 66.4 Å². The molecule has 4 aliphatic rings. The van der Waals surface area contributed by atoms with E-state index in [1.807, 2.05) is 4.90 Å². The number of benzene rings is 1. The molecule has 3 fully saturated rings. The van der Waals surface area contributed by atoms with Crippen LogP contribution in [0.5, 0.6) is 11.9 Å². The number of hydrogen-bond acceptors (Lipinski definition) is 10. The first-order chi connectivity index (χ1) is 20.6. The third kappa shape index (κ3) is 4.50. The van der Waals surface area contributed by atoms with Crippen molar-refractivity contribution in [1.29, 1.82) is 0 Å². The van der Waals surface area contributed by atoms with Gasteiger partial charge in [0.25, 0.3) is 0 Å². The zero-order valence-electron chi connectivity index (χ0n) is 23.2. The molecule has 44 heavy (non-hydrogen) atoms. The lowest BCUT2D eigenvalue weighted by molar-refractivity contribution is -0.137. The van der Waals surface area contributed by atoms with Crippen LogP contribution in [0.4, 0.5) is 33.5 Å². The quantitative estimate of drug-likeness (QED) is 0.324. The number of pyridine rings is 1. The molecule has 0 bridgehead atoms. The molecular formula is C27H26ClF5N6O4S. The number of alkyl halides is 4. The van der Waals surface area contributed by atoms with Gasteiger partial charge in [0.1, 0.15) is 47.3 Å². The maximum Gasteiger partial charge on any atom is 0.418 e. The van der Waals surface area contributed by atoms with Crippen LogP contribution in [0.25, 0.3) is 22.2 Å². The molecule has 0 amide bonds. The fourth-order valence-corrected chi connectivity index (χ4v) is 9.46. The largest absolute Gasteiger partial charge is 0.474 e. The number of hydrogen-bond donors (Lipinski definition) is 1. The van der Waals surface area contributed by atoms with Gasteiger partial charge in [-0.25, -0.2) is 22.2 Å². The molecule has 2 aromatic heterocycles. The maximum atomic E-state index is 16.5. The summed E-state index contributed by atoms with van der Waals surface area (Å²) in [5, 5.41) is -0.828. The van der Waals surface area contributed by atoms with Crippen LogP contribution in [0, 0.1) is 5.82 Å². The predicted molar refractivity (Wildman–Crippen MR) is 151 cm³/mol. The molecule has 6 heterocycles. The summed E-state index contributed by atoms with van der Waals surface area (Å²) in [5.74, 6) is -2.12. The zero-order valence-corrected chi connectivity index (χ0v) is 24.8. The topological polar surface area (TPSA) is 124 Å². The average Bonchev–Trinajstić information content (AvgIpc) is 3.40. The van der Waals surface area contributed by atoms with Gasteiger partial charge in [-0.1, -0.05) is 11.6 Å². The number of ether oxygens (including phenoxy) is 2. The molecule has 1 aromatic carbocycles. The van der Waals surface area contributed by atoms with Crippen molar-refractivity contribution in [1.82, 2.24) is 19.9 Å². The van der Waals surface area contributed by atoms with Crippen LogP contribution in [0.2, 0.25) is 5.02 Å². The van der Waals surface area contributed by atoms with E-state index >= 15 is 4.39 Å². The van der Waals surface area contributed by atoms with Crippen molar-refractivity contribution < 1.29 is 39.8 Å². The Hall–Kier alpha value is -3.24. The fourth-order valence-electron chi connectivity index (χ4n) is 7.02. The van der Waals surface area contributed by atoms with Crippen molar-refractivity contribution in [3.05, 3.63) is 28.5 Å². The normalized spacial score (nSPS) is 25.5. The van der Waals surface area contributed by atoms with Gasteiger partial charge in [-0.2, -0.15) is 23.1 Å². The van der Waals surface area contributed by atoms with Gasteiger partial charge in [-0.3, -0.25) is 4.90 Å². The summed E-state index contributed by atoms with van der Waals surface area (Å²) < 4.78 is 110. The minimum absolute atomic E-state index is 0.00638. The molecule has 0 saturated carbocycles. The molecule has 17 heteroatoms. The zero-order chi connectivity index (χ0) is 31.4. The van der Waals surface area contributed by atoms with Crippen LogP contribution in [0.1, 0.15) is 24.8 Å². The van der Waals surface area contributed by atoms with Crippen molar-refractivity contribution in [2.45, 2.75) is 42.7 Å². The van der Waals surface area contributed by atoms with Crippen LogP contribution in [-0.2, 0) is 16.0 Å². The third-order valence-electron chi connectivity index (χ3n) is 9.08. The highest BCUT2D eigenvalue weighted by molar-refractivity contribution is 7.93. The van der Waals surface area contributed by atoms with Crippen molar-refractivity contribution in [2.24, 2.45) is 0 Å². The van der Waals surface area contributed by atoms with E-state index in [1.165, 1.54) is 4.90 Å². The number of nitrogen functional groups attached to an aromatic ring is 1. The fraction of sp³-hybridized carbons (Fsp3) is 0.519. The number of sulfone groups is 1.